The van der Waals surface area contributed by atoms with Gasteiger partial charge in [0.2, 0.25) is 0 Å². The number of carbonyl (C=O) groups excluding carboxylic acids is 2. The molecule has 7 heteroatoms. The molecule has 5 rings (SSSR count). The van der Waals surface area contributed by atoms with E-state index in [-0.39, 0.29) is 25.9 Å². The van der Waals surface area contributed by atoms with Gasteiger partial charge in [0, 0.05) is 11.1 Å². The van der Waals surface area contributed by atoms with Crippen molar-refractivity contribution in [3.63, 3.8) is 0 Å². The number of imide groups is 1. The molecule has 1 spiro atoms. The van der Waals surface area contributed by atoms with E-state index in [0.717, 1.165) is 22.4 Å². The topological polar surface area (TPSA) is 67.9 Å². The number of ether oxygens (including phenoxy) is 2. The zero-order chi connectivity index (χ0) is 18.6. The molecule has 138 valence electrons. The van der Waals surface area contributed by atoms with Gasteiger partial charge in [-0.1, -0.05) is 24.3 Å². The van der Waals surface area contributed by atoms with Gasteiger partial charge in [0.05, 0.1) is 13.2 Å². The van der Waals surface area contributed by atoms with Crippen LogP contribution in [0.5, 0.6) is 5.75 Å². The van der Waals surface area contributed by atoms with Crippen LogP contribution in [-0.2, 0) is 34.6 Å². The van der Waals surface area contributed by atoms with Gasteiger partial charge in [0.25, 0.3) is 5.91 Å². The maximum Gasteiger partial charge on any atom is 0.325 e. The van der Waals surface area contributed by atoms with E-state index < -0.39 is 17.4 Å². The minimum atomic E-state index is -1.02. The second kappa shape index (κ2) is 5.79. The molecule has 1 aliphatic carbocycles. The summed E-state index contributed by atoms with van der Waals surface area (Å²) in [7, 11) is 0. The number of rotatable bonds is 2. The van der Waals surface area contributed by atoms with Crippen LogP contribution in [0, 0.1) is 5.82 Å². The highest BCUT2D eigenvalue weighted by Crippen LogP contribution is 2.42. The van der Waals surface area contributed by atoms with Crippen molar-refractivity contribution < 1.29 is 23.5 Å². The average Bonchev–Trinajstić information content (AvgIpc) is 3.15. The maximum absolute atomic E-state index is 14.0. The predicted molar refractivity (Wildman–Crippen MR) is 92.2 cm³/mol. The Hall–Kier alpha value is -2.93. The summed E-state index contributed by atoms with van der Waals surface area (Å²) in [6, 6.07) is 9.83. The van der Waals surface area contributed by atoms with Crippen LogP contribution in [0.4, 0.5) is 9.18 Å². The zero-order valence-corrected chi connectivity index (χ0v) is 14.5. The second-order valence-electron chi connectivity index (χ2n) is 7.05. The normalized spacial score (nSPS) is 23.2. The smallest absolute Gasteiger partial charge is 0.325 e. The van der Waals surface area contributed by atoms with E-state index in [1.54, 1.807) is 0 Å². The fourth-order valence-electron chi connectivity index (χ4n) is 4.28. The van der Waals surface area contributed by atoms with Crippen LogP contribution in [0.2, 0.25) is 0 Å². The minimum absolute atomic E-state index is 0.0469. The molecule has 1 unspecified atom stereocenters. The molecule has 0 radical (unpaired) electrons. The number of carbonyl (C=O) groups is 2. The Bertz CT molecular complexity index is 976. The van der Waals surface area contributed by atoms with Gasteiger partial charge in [-0.05, 0) is 36.1 Å². The number of nitrogens with one attached hydrogen (secondary N) is 1. The zero-order valence-electron chi connectivity index (χ0n) is 14.5. The summed E-state index contributed by atoms with van der Waals surface area (Å²) in [5.74, 6) is -0.274. The third kappa shape index (κ3) is 2.35. The highest BCUT2D eigenvalue weighted by atomic mass is 19.1. The first-order valence-electron chi connectivity index (χ1n) is 8.83. The molecule has 1 saturated heterocycles. The maximum atomic E-state index is 14.0. The van der Waals surface area contributed by atoms with Crippen LogP contribution >= 0.6 is 0 Å². The number of benzene rings is 2. The number of hydrogen-bond donors (Lipinski definition) is 1. The van der Waals surface area contributed by atoms with Crippen LogP contribution in [0.15, 0.2) is 36.4 Å². The highest BCUT2D eigenvalue weighted by molar-refractivity contribution is 6.08. The Morgan fingerprint density at radius 1 is 1.19 bits per heavy atom. The van der Waals surface area contributed by atoms with Crippen molar-refractivity contribution in [2.45, 2.75) is 31.5 Å². The van der Waals surface area contributed by atoms with Crippen molar-refractivity contribution in [1.82, 2.24) is 10.2 Å². The first-order chi connectivity index (χ1) is 13.1. The van der Waals surface area contributed by atoms with E-state index in [0.29, 0.717) is 23.3 Å². The summed E-state index contributed by atoms with van der Waals surface area (Å²) in [6.45, 7) is 0.245. The molecule has 27 heavy (non-hydrogen) atoms. The molecule has 3 amide bonds. The molecule has 3 aliphatic rings. The number of amides is 3. The van der Waals surface area contributed by atoms with E-state index >= 15 is 0 Å². The van der Waals surface area contributed by atoms with Crippen molar-refractivity contribution >= 4 is 11.9 Å². The second-order valence-corrected chi connectivity index (χ2v) is 7.05. The summed E-state index contributed by atoms with van der Waals surface area (Å²) in [5, 5.41) is 2.88. The van der Waals surface area contributed by atoms with E-state index in [2.05, 4.69) is 5.32 Å². The molecule has 2 aliphatic heterocycles. The van der Waals surface area contributed by atoms with Gasteiger partial charge < -0.3 is 14.8 Å². The lowest BCUT2D eigenvalue weighted by Gasteiger charge is -2.24. The third-order valence-corrected chi connectivity index (χ3v) is 5.50. The van der Waals surface area contributed by atoms with Gasteiger partial charge in [0.15, 0.2) is 6.79 Å². The molecule has 0 aromatic heterocycles. The minimum Gasteiger partial charge on any atom is -0.467 e. The van der Waals surface area contributed by atoms with Crippen LogP contribution < -0.4 is 10.1 Å². The lowest BCUT2D eigenvalue weighted by molar-refractivity contribution is -0.132. The number of aryl methyl sites for hydroxylation is 1. The molecule has 1 atom stereocenters. The first kappa shape index (κ1) is 16.3. The summed E-state index contributed by atoms with van der Waals surface area (Å²) < 4.78 is 24.7. The van der Waals surface area contributed by atoms with Gasteiger partial charge in [-0.25, -0.2) is 9.18 Å². The van der Waals surface area contributed by atoms with Gasteiger partial charge in [-0.3, -0.25) is 9.69 Å². The number of hydrogen-bond acceptors (Lipinski definition) is 4. The van der Waals surface area contributed by atoms with Crippen LogP contribution in [0.3, 0.4) is 0 Å². The SMILES string of the molecule is O=C1NC2(CCc3ccccc32)C(=O)N1Cc1cc(F)cc2c1OCOC2. The molecule has 0 bridgehead atoms. The molecule has 1 N–H and O–H groups in total. The fourth-order valence-corrected chi connectivity index (χ4v) is 4.28. The van der Waals surface area contributed by atoms with E-state index in [9.17, 15) is 14.0 Å². The molecule has 0 saturated carbocycles. The Kier molecular flexibility index (Phi) is 3.48. The van der Waals surface area contributed by atoms with Crippen molar-refractivity contribution in [1.29, 1.82) is 0 Å². The number of urea groups is 1. The Morgan fingerprint density at radius 3 is 2.93 bits per heavy atom. The average molecular weight is 368 g/mol. The lowest BCUT2D eigenvalue weighted by Crippen LogP contribution is -2.41. The Balaban J connectivity index is 1.51. The molecular weight excluding hydrogens is 351 g/mol. The van der Waals surface area contributed by atoms with E-state index in [1.165, 1.54) is 12.1 Å². The first-order valence-corrected chi connectivity index (χ1v) is 8.83. The van der Waals surface area contributed by atoms with Crippen molar-refractivity contribution in [3.8, 4) is 5.75 Å². The predicted octanol–water partition coefficient (Wildman–Crippen LogP) is 2.59. The number of halogens is 1. The quantitative estimate of drug-likeness (QED) is 0.828. The molecule has 2 heterocycles. The van der Waals surface area contributed by atoms with E-state index in [4.69, 9.17) is 9.47 Å². The van der Waals surface area contributed by atoms with Crippen LogP contribution in [-0.4, -0.2) is 23.6 Å². The van der Waals surface area contributed by atoms with Crippen molar-refractivity contribution in [3.05, 3.63) is 64.5 Å². The van der Waals surface area contributed by atoms with Crippen molar-refractivity contribution in [2.24, 2.45) is 0 Å². The third-order valence-electron chi connectivity index (χ3n) is 5.50. The fraction of sp³-hybridized carbons (Fsp3) is 0.300. The van der Waals surface area contributed by atoms with E-state index in [1.807, 2.05) is 24.3 Å². The summed E-state index contributed by atoms with van der Waals surface area (Å²) in [4.78, 5) is 27.0. The monoisotopic (exact) mass is 368 g/mol. The molecule has 1 fully saturated rings. The van der Waals surface area contributed by atoms with Crippen molar-refractivity contribution in [2.75, 3.05) is 6.79 Å². The standard InChI is InChI=1S/C20H17FN2O4/c21-15-7-13(17-14(8-15)10-26-11-27-17)9-23-18(24)20(22-19(23)25)6-5-12-3-1-2-4-16(12)20/h1-4,7-8H,5-6,9-11H2,(H,22,25). The molecule has 2 aromatic rings. The van der Waals surface area contributed by atoms with Crippen LogP contribution in [0.25, 0.3) is 0 Å². The van der Waals surface area contributed by atoms with Gasteiger partial charge in [0.1, 0.15) is 17.1 Å². The number of nitrogens with zero attached hydrogens (tertiary/aromatic N) is 1. The van der Waals surface area contributed by atoms with Gasteiger partial charge in [-0.2, -0.15) is 0 Å². The lowest BCUT2D eigenvalue weighted by atomic mass is 9.92. The Morgan fingerprint density at radius 2 is 2.04 bits per heavy atom. The number of fused-ring (bicyclic) bond motifs is 3. The molecule has 2 aromatic carbocycles. The summed E-state index contributed by atoms with van der Waals surface area (Å²) in [5.41, 5.74) is 1.92. The largest absolute Gasteiger partial charge is 0.467 e. The molecular formula is C20H17FN2O4. The summed E-state index contributed by atoms with van der Waals surface area (Å²) >= 11 is 0. The van der Waals surface area contributed by atoms with Gasteiger partial charge >= 0.3 is 6.03 Å². The van der Waals surface area contributed by atoms with Gasteiger partial charge in [-0.15, -0.1) is 0 Å². The Labute approximate surface area is 154 Å². The highest BCUT2D eigenvalue weighted by Gasteiger charge is 2.55. The van der Waals surface area contributed by atoms with Crippen LogP contribution in [0.1, 0.15) is 28.7 Å². The summed E-state index contributed by atoms with van der Waals surface area (Å²) in [6.07, 6.45) is 1.25. The molecule has 6 nitrogen and oxygen atoms in total.